The number of aliphatic hydroxyl groups excluding tert-OH is 1. The van der Waals surface area contributed by atoms with E-state index in [1.165, 1.54) is 5.56 Å². The number of piperidine rings is 1. The average Bonchev–Trinajstić information content (AvgIpc) is 3.34. The van der Waals surface area contributed by atoms with E-state index in [1.807, 2.05) is 47.9 Å². The minimum atomic E-state index is -4.78. The maximum Gasteiger partial charge on any atom is 0.434 e. The Hall–Kier alpha value is -3.66. The number of hydrogen-bond acceptors (Lipinski definition) is 8. The van der Waals surface area contributed by atoms with Gasteiger partial charge in [0.25, 0.3) is 0 Å². The molecule has 0 amide bonds. The quantitative estimate of drug-likeness (QED) is 0.434. The first kappa shape index (κ1) is 30.4. The van der Waals surface area contributed by atoms with Crippen molar-refractivity contribution in [2.45, 2.75) is 50.5 Å². The summed E-state index contributed by atoms with van der Waals surface area (Å²) in [5.41, 5.74) is 2.10. The lowest BCUT2D eigenvalue weighted by Crippen LogP contribution is -2.70. The number of aliphatic hydroxyl groups is 1. The molecule has 0 bridgehead atoms. The van der Waals surface area contributed by atoms with Crippen molar-refractivity contribution >= 4 is 11.5 Å². The number of piperazine rings is 1. The minimum absolute atomic E-state index is 0.00532. The number of hydrogen-bond donors (Lipinski definition) is 1. The van der Waals surface area contributed by atoms with Gasteiger partial charge in [-0.05, 0) is 30.9 Å². The van der Waals surface area contributed by atoms with Gasteiger partial charge < -0.3 is 14.9 Å². The summed E-state index contributed by atoms with van der Waals surface area (Å²) >= 11 is 0. The van der Waals surface area contributed by atoms with Crippen LogP contribution in [0.1, 0.15) is 46.8 Å². The number of pyridine rings is 1. The predicted octanol–water partition coefficient (Wildman–Crippen LogP) is 3.77. The smallest absolute Gasteiger partial charge is 0.394 e. The van der Waals surface area contributed by atoms with E-state index in [4.69, 9.17) is 0 Å². The number of benzene rings is 1. The number of nitrogens with zero attached hydrogens (tertiary/aromatic N) is 8. The third kappa shape index (κ3) is 5.88. The van der Waals surface area contributed by atoms with Gasteiger partial charge in [0.2, 0.25) is 0 Å². The monoisotopic (exact) mass is 608 g/mol. The van der Waals surface area contributed by atoms with Crippen LogP contribution < -0.4 is 9.80 Å². The van der Waals surface area contributed by atoms with Crippen LogP contribution >= 0.6 is 0 Å². The maximum absolute atomic E-state index is 14.3. The molecule has 234 valence electrons. The van der Waals surface area contributed by atoms with Gasteiger partial charge >= 0.3 is 6.18 Å². The van der Waals surface area contributed by atoms with Crippen molar-refractivity contribution in [1.29, 1.82) is 5.26 Å². The van der Waals surface area contributed by atoms with Crippen LogP contribution in [0.5, 0.6) is 0 Å². The summed E-state index contributed by atoms with van der Waals surface area (Å²) in [6, 6.07) is 13.3. The van der Waals surface area contributed by atoms with Gasteiger partial charge in [-0.1, -0.05) is 30.3 Å². The second-order valence-electron chi connectivity index (χ2n) is 12.2. The zero-order valence-electron chi connectivity index (χ0n) is 25.2. The Morgan fingerprint density at radius 3 is 2.34 bits per heavy atom. The predicted molar refractivity (Wildman–Crippen MR) is 161 cm³/mol. The van der Waals surface area contributed by atoms with E-state index in [2.05, 4.69) is 32.0 Å². The molecule has 0 saturated carbocycles. The fraction of sp³-hybridized carbons (Fsp3) is 0.531. The molecule has 3 fully saturated rings. The highest BCUT2D eigenvalue weighted by Gasteiger charge is 2.46. The molecule has 44 heavy (non-hydrogen) atoms. The molecule has 12 heteroatoms. The second kappa shape index (κ2) is 12.4. The maximum atomic E-state index is 14.3. The zero-order valence-corrected chi connectivity index (χ0v) is 25.2. The van der Waals surface area contributed by atoms with Crippen LogP contribution in [0.3, 0.4) is 0 Å². The molecule has 3 aromatic rings. The lowest BCUT2D eigenvalue weighted by atomic mass is 9.91. The number of anilines is 2. The van der Waals surface area contributed by atoms with Gasteiger partial charge in [0.1, 0.15) is 17.5 Å². The normalized spacial score (nSPS) is 22.2. The van der Waals surface area contributed by atoms with E-state index in [1.54, 1.807) is 17.0 Å². The molecular formula is C32H39F3N8O. The first-order valence-electron chi connectivity index (χ1n) is 15.3. The van der Waals surface area contributed by atoms with Crippen LogP contribution in [0.15, 0.2) is 42.6 Å². The van der Waals surface area contributed by atoms with Crippen molar-refractivity contribution in [3.05, 3.63) is 70.7 Å². The molecular weight excluding hydrogens is 569 g/mol. The van der Waals surface area contributed by atoms with E-state index in [-0.39, 0.29) is 30.1 Å². The number of rotatable bonds is 7. The number of halogens is 3. The van der Waals surface area contributed by atoms with Gasteiger partial charge in [0.15, 0.2) is 5.69 Å². The van der Waals surface area contributed by atoms with Crippen molar-refractivity contribution in [3.63, 3.8) is 0 Å². The van der Waals surface area contributed by atoms with Crippen LogP contribution in [0.25, 0.3) is 0 Å². The van der Waals surface area contributed by atoms with Crippen molar-refractivity contribution in [2.75, 3.05) is 62.2 Å². The Morgan fingerprint density at radius 1 is 1.05 bits per heavy atom. The van der Waals surface area contributed by atoms with Gasteiger partial charge in [0.05, 0.1) is 24.5 Å². The summed E-state index contributed by atoms with van der Waals surface area (Å²) in [7, 11) is 1.92. The summed E-state index contributed by atoms with van der Waals surface area (Å²) in [5.74, 6) is 0.489. The SMILES string of the molecule is Cc1cnn(C)c1C1CCN(c2cc(N3CC(N4CCN(Cc5ccccc5)CC4)C3CO)c(C#N)c(C(F)(F)F)n2)CC1. The summed E-state index contributed by atoms with van der Waals surface area (Å²) in [6.45, 7) is 7.60. The van der Waals surface area contributed by atoms with Crippen molar-refractivity contribution in [2.24, 2.45) is 7.05 Å². The van der Waals surface area contributed by atoms with Crippen molar-refractivity contribution in [3.8, 4) is 6.07 Å². The molecule has 6 rings (SSSR count). The van der Waals surface area contributed by atoms with E-state index < -0.39 is 23.5 Å². The van der Waals surface area contributed by atoms with Gasteiger partial charge in [-0.3, -0.25) is 14.5 Å². The molecule has 2 aromatic heterocycles. The Labute approximate surface area is 256 Å². The highest BCUT2D eigenvalue weighted by atomic mass is 19.4. The van der Waals surface area contributed by atoms with Crippen LogP contribution in [-0.2, 0) is 19.8 Å². The Balaban J connectivity index is 1.19. The zero-order chi connectivity index (χ0) is 31.0. The largest absolute Gasteiger partial charge is 0.434 e. The van der Waals surface area contributed by atoms with E-state index in [9.17, 15) is 23.5 Å². The molecule has 2 unspecified atom stereocenters. The van der Waals surface area contributed by atoms with Crippen LogP contribution in [-0.4, -0.2) is 94.2 Å². The molecule has 0 spiro atoms. The van der Waals surface area contributed by atoms with Gasteiger partial charge in [0, 0.05) is 83.1 Å². The molecule has 0 aliphatic carbocycles. The highest BCUT2D eigenvalue weighted by molar-refractivity contribution is 5.69. The molecule has 1 N–H and O–H groups in total. The second-order valence-corrected chi connectivity index (χ2v) is 12.2. The number of aryl methyl sites for hydroxylation is 2. The fourth-order valence-electron chi connectivity index (χ4n) is 7.23. The van der Waals surface area contributed by atoms with Crippen LogP contribution in [0.4, 0.5) is 24.7 Å². The lowest BCUT2D eigenvalue weighted by Gasteiger charge is -2.55. The number of alkyl halides is 3. The molecule has 3 aliphatic heterocycles. The lowest BCUT2D eigenvalue weighted by molar-refractivity contribution is -0.141. The van der Waals surface area contributed by atoms with Gasteiger partial charge in [-0.2, -0.15) is 23.5 Å². The summed E-state index contributed by atoms with van der Waals surface area (Å²) in [4.78, 5) is 12.4. The van der Waals surface area contributed by atoms with Crippen LogP contribution in [0.2, 0.25) is 0 Å². The Bertz CT molecular complexity index is 1470. The minimum Gasteiger partial charge on any atom is -0.394 e. The summed E-state index contributed by atoms with van der Waals surface area (Å²) in [6.07, 6.45) is -1.41. The molecule has 1 aromatic carbocycles. The number of nitriles is 1. The average molecular weight is 609 g/mol. The Morgan fingerprint density at radius 2 is 1.75 bits per heavy atom. The molecule has 9 nitrogen and oxygen atoms in total. The molecule has 0 radical (unpaired) electrons. The van der Waals surface area contributed by atoms with E-state index >= 15 is 0 Å². The molecule has 2 atom stereocenters. The summed E-state index contributed by atoms with van der Waals surface area (Å²) < 4.78 is 44.8. The summed E-state index contributed by atoms with van der Waals surface area (Å²) in [5, 5.41) is 24.7. The topological polar surface area (TPSA) is 87.7 Å². The van der Waals surface area contributed by atoms with Gasteiger partial charge in [-0.25, -0.2) is 4.98 Å². The Kier molecular flexibility index (Phi) is 8.55. The number of aromatic nitrogens is 3. The third-order valence-electron chi connectivity index (χ3n) is 9.60. The van der Waals surface area contributed by atoms with E-state index in [0.717, 1.165) is 56.8 Å². The molecule has 3 saturated heterocycles. The van der Waals surface area contributed by atoms with Crippen molar-refractivity contribution in [1.82, 2.24) is 24.6 Å². The molecule has 3 aliphatic rings. The first-order valence-corrected chi connectivity index (χ1v) is 15.3. The fourth-order valence-corrected chi connectivity index (χ4v) is 7.23. The standard InChI is InChI=1S/C32H39F3N8O/c1-22-18-37-39(2)30(22)24-8-10-42(11-9-24)29-16-26(25(17-36)31(38-29)32(33,34)35)43-20-27(28(43)21-44)41-14-12-40(13-15-41)19-23-6-4-3-5-7-23/h3-7,16,18,24,27-28,44H,8-15,19-21H2,1-2H3. The first-order chi connectivity index (χ1) is 21.2. The van der Waals surface area contributed by atoms with Crippen LogP contribution in [0, 0.1) is 18.3 Å². The van der Waals surface area contributed by atoms with Crippen molar-refractivity contribution < 1.29 is 18.3 Å². The molecule has 5 heterocycles. The van der Waals surface area contributed by atoms with Gasteiger partial charge in [-0.15, -0.1) is 0 Å². The third-order valence-corrected chi connectivity index (χ3v) is 9.60. The highest BCUT2D eigenvalue weighted by Crippen LogP contribution is 2.41. The van der Waals surface area contributed by atoms with E-state index in [0.29, 0.717) is 19.6 Å².